The van der Waals surface area contributed by atoms with E-state index in [1.807, 2.05) is 6.07 Å². The molecule has 3 aromatic carbocycles. The molecule has 1 fully saturated rings. The summed E-state index contributed by atoms with van der Waals surface area (Å²) in [6.07, 6.45) is -3.98. The number of ketones is 1. The smallest absolute Gasteiger partial charge is 0.338 e. The number of nitriles is 1. The fourth-order valence-corrected chi connectivity index (χ4v) is 4.74. The maximum atomic E-state index is 13.4. The van der Waals surface area contributed by atoms with Gasteiger partial charge in [0.2, 0.25) is 12.0 Å². The van der Waals surface area contributed by atoms with E-state index in [9.17, 15) is 29.2 Å². The van der Waals surface area contributed by atoms with Crippen LogP contribution in [-0.4, -0.2) is 64.6 Å². The van der Waals surface area contributed by atoms with Gasteiger partial charge in [-0.25, -0.2) is 14.4 Å². The molecule has 0 unspecified atom stereocenters. The van der Waals surface area contributed by atoms with E-state index >= 15 is 0 Å². The van der Waals surface area contributed by atoms with Gasteiger partial charge < -0.3 is 18.9 Å². The lowest BCUT2D eigenvalue weighted by molar-refractivity contribution is -0.166. The van der Waals surface area contributed by atoms with Crippen LogP contribution in [0, 0.1) is 11.3 Å². The molecule has 0 bridgehead atoms. The number of amides is 1. The Hall–Kier alpha value is -5.60. The van der Waals surface area contributed by atoms with Crippen LogP contribution >= 0.6 is 0 Å². The standard InChI is InChI=1S/C34H30N2O9/c1-22(37)19-20-36(24(3)38)34(21-35)30(44-33(41)27-17-11-6-12-18-27)29(43-32(40)26-15-9-5-10-16-26)28(45-34)23(2)42-31(39)25-13-7-4-8-14-25/h4-20,23,28-30H,1-3H3/b20-19-/t23-,28-,29-,30-,34-/m1/s1. The number of esters is 3. The van der Waals surface area contributed by atoms with Gasteiger partial charge >= 0.3 is 17.9 Å². The van der Waals surface area contributed by atoms with Crippen molar-refractivity contribution in [3.05, 3.63) is 120 Å². The van der Waals surface area contributed by atoms with E-state index in [1.54, 1.807) is 54.6 Å². The van der Waals surface area contributed by atoms with Crippen LogP contribution in [0.3, 0.4) is 0 Å². The molecule has 1 saturated heterocycles. The molecule has 1 aliphatic heterocycles. The maximum absolute atomic E-state index is 13.4. The number of hydrogen-bond donors (Lipinski definition) is 0. The van der Waals surface area contributed by atoms with Crippen molar-refractivity contribution in [3.63, 3.8) is 0 Å². The highest BCUT2D eigenvalue weighted by Crippen LogP contribution is 2.41. The van der Waals surface area contributed by atoms with Crippen molar-refractivity contribution in [1.82, 2.24) is 4.90 Å². The molecular weight excluding hydrogens is 580 g/mol. The van der Waals surface area contributed by atoms with Gasteiger partial charge in [-0.3, -0.25) is 14.5 Å². The number of allylic oxidation sites excluding steroid dienone is 1. The number of benzene rings is 3. The van der Waals surface area contributed by atoms with Crippen molar-refractivity contribution >= 4 is 29.6 Å². The highest BCUT2D eigenvalue weighted by Gasteiger charge is 2.65. The van der Waals surface area contributed by atoms with Gasteiger partial charge in [-0.2, -0.15) is 5.26 Å². The SMILES string of the molecule is CC(=O)/C=C\N(C(C)=O)[C@]1(C#N)O[C@H]([C@@H](C)OC(=O)c2ccccc2)[C@@H](OC(=O)c2ccccc2)[C@H]1OC(=O)c1ccccc1. The summed E-state index contributed by atoms with van der Waals surface area (Å²) < 4.78 is 23.6. The van der Waals surface area contributed by atoms with Crippen molar-refractivity contribution in [2.24, 2.45) is 0 Å². The van der Waals surface area contributed by atoms with Crippen molar-refractivity contribution in [2.75, 3.05) is 0 Å². The van der Waals surface area contributed by atoms with Crippen LogP contribution in [0.4, 0.5) is 0 Å². The molecule has 45 heavy (non-hydrogen) atoms. The highest BCUT2D eigenvalue weighted by molar-refractivity contribution is 5.91. The first-order valence-corrected chi connectivity index (χ1v) is 13.9. The van der Waals surface area contributed by atoms with Crippen LogP contribution in [0.5, 0.6) is 0 Å². The third kappa shape index (κ3) is 7.31. The first-order valence-electron chi connectivity index (χ1n) is 13.9. The zero-order valence-electron chi connectivity index (χ0n) is 24.7. The minimum Gasteiger partial charge on any atom is -0.456 e. The normalized spacial score (nSPS) is 21.2. The second kappa shape index (κ2) is 14.2. The largest absolute Gasteiger partial charge is 0.456 e. The first-order chi connectivity index (χ1) is 21.6. The molecule has 0 spiro atoms. The molecule has 0 aliphatic carbocycles. The molecule has 0 radical (unpaired) electrons. The number of hydrogen-bond acceptors (Lipinski definition) is 10. The van der Waals surface area contributed by atoms with Crippen molar-refractivity contribution in [1.29, 1.82) is 5.26 Å². The van der Waals surface area contributed by atoms with Crippen LogP contribution in [0.25, 0.3) is 0 Å². The number of ether oxygens (including phenoxy) is 4. The average molecular weight is 611 g/mol. The molecule has 5 atom stereocenters. The lowest BCUT2D eigenvalue weighted by atomic mass is 9.99. The second-order valence-corrected chi connectivity index (χ2v) is 10.1. The van der Waals surface area contributed by atoms with Crippen LogP contribution in [0.1, 0.15) is 51.8 Å². The minimum atomic E-state index is -2.47. The molecule has 11 nitrogen and oxygen atoms in total. The Morgan fingerprint density at radius 2 is 1.27 bits per heavy atom. The van der Waals surface area contributed by atoms with Gasteiger partial charge in [0.15, 0.2) is 11.9 Å². The van der Waals surface area contributed by atoms with Crippen molar-refractivity contribution < 1.29 is 42.9 Å². The number of nitrogens with zero attached hydrogens (tertiary/aromatic N) is 2. The van der Waals surface area contributed by atoms with E-state index in [0.29, 0.717) is 0 Å². The van der Waals surface area contributed by atoms with Crippen LogP contribution in [-0.2, 0) is 28.5 Å². The summed E-state index contributed by atoms with van der Waals surface area (Å²) in [7, 11) is 0. The topological polar surface area (TPSA) is 149 Å². The number of carbonyl (C=O) groups is 5. The van der Waals surface area contributed by atoms with Gasteiger partial charge in [-0.15, -0.1) is 0 Å². The fourth-order valence-electron chi connectivity index (χ4n) is 4.74. The van der Waals surface area contributed by atoms with E-state index in [1.165, 1.54) is 50.2 Å². The van der Waals surface area contributed by atoms with Crippen LogP contribution in [0.15, 0.2) is 103 Å². The van der Waals surface area contributed by atoms with E-state index in [0.717, 1.165) is 24.1 Å². The summed E-state index contributed by atoms with van der Waals surface area (Å²) in [4.78, 5) is 65.4. The Kier molecular flexibility index (Phi) is 10.2. The number of rotatable bonds is 10. The third-order valence-corrected chi connectivity index (χ3v) is 6.90. The van der Waals surface area contributed by atoms with E-state index < -0.39 is 59.7 Å². The molecule has 1 heterocycles. The van der Waals surface area contributed by atoms with Crippen LogP contribution in [0.2, 0.25) is 0 Å². The Morgan fingerprint density at radius 3 is 1.71 bits per heavy atom. The van der Waals surface area contributed by atoms with E-state index in [4.69, 9.17) is 18.9 Å². The Balaban J connectivity index is 1.84. The average Bonchev–Trinajstić information content (AvgIpc) is 3.35. The first kappa shape index (κ1) is 32.3. The van der Waals surface area contributed by atoms with Gasteiger partial charge in [0.05, 0.1) is 16.7 Å². The van der Waals surface area contributed by atoms with Gasteiger partial charge in [-0.05, 0) is 56.3 Å². The molecule has 1 aliphatic rings. The minimum absolute atomic E-state index is 0.0955. The van der Waals surface area contributed by atoms with Crippen LogP contribution < -0.4 is 0 Å². The van der Waals surface area contributed by atoms with Gasteiger partial charge in [-0.1, -0.05) is 54.6 Å². The summed E-state index contributed by atoms with van der Waals surface area (Å²) in [6.45, 7) is 3.79. The van der Waals surface area contributed by atoms with E-state index in [2.05, 4.69) is 0 Å². The van der Waals surface area contributed by atoms with E-state index in [-0.39, 0.29) is 16.7 Å². The molecule has 3 aromatic rings. The summed E-state index contributed by atoms with van der Waals surface area (Å²) in [5, 5.41) is 10.7. The second-order valence-electron chi connectivity index (χ2n) is 10.1. The number of carbonyl (C=O) groups excluding carboxylic acids is 5. The molecule has 4 rings (SSSR count). The van der Waals surface area contributed by atoms with Gasteiger partial charge in [0.25, 0.3) is 5.72 Å². The molecule has 0 N–H and O–H groups in total. The lowest BCUT2D eigenvalue weighted by Gasteiger charge is -2.35. The Morgan fingerprint density at radius 1 is 0.800 bits per heavy atom. The fraction of sp³-hybridized carbons (Fsp3) is 0.235. The highest BCUT2D eigenvalue weighted by atomic mass is 16.7. The Labute approximate surface area is 259 Å². The third-order valence-electron chi connectivity index (χ3n) is 6.90. The van der Waals surface area contributed by atoms with Gasteiger partial charge in [0.1, 0.15) is 18.3 Å². The Bertz CT molecular complexity index is 1620. The molecule has 1 amide bonds. The zero-order valence-corrected chi connectivity index (χ0v) is 24.7. The molecule has 230 valence electrons. The summed E-state index contributed by atoms with van der Waals surface area (Å²) in [6, 6.07) is 25.7. The maximum Gasteiger partial charge on any atom is 0.338 e. The predicted octanol–water partition coefficient (Wildman–Crippen LogP) is 4.25. The molecule has 0 aromatic heterocycles. The predicted molar refractivity (Wildman–Crippen MR) is 158 cm³/mol. The van der Waals surface area contributed by atoms with Crippen molar-refractivity contribution in [2.45, 2.75) is 50.9 Å². The molecular formula is C34H30N2O9. The van der Waals surface area contributed by atoms with Crippen molar-refractivity contribution in [3.8, 4) is 6.07 Å². The molecule has 0 saturated carbocycles. The summed E-state index contributed by atoms with van der Waals surface area (Å²) in [5.74, 6) is -3.75. The van der Waals surface area contributed by atoms with Gasteiger partial charge in [0, 0.05) is 13.1 Å². The monoisotopic (exact) mass is 610 g/mol. The molecule has 11 heteroatoms. The summed E-state index contributed by atoms with van der Waals surface area (Å²) in [5.41, 5.74) is -2.03. The zero-order chi connectivity index (χ0) is 32.6. The quantitative estimate of drug-likeness (QED) is 0.185. The lowest BCUT2D eigenvalue weighted by Crippen LogP contribution is -2.57. The summed E-state index contributed by atoms with van der Waals surface area (Å²) >= 11 is 0.